The van der Waals surface area contributed by atoms with Gasteiger partial charge in [0.05, 0.1) is 10.7 Å². The van der Waals surface area contributed by atoms with Gasteiger partial charge in [-0.15, -0.1) is 0 Å². The molecule has 0 saturated heterocycles. The molecule has 0 aliphatic carbocycles. The summed E-state index contributed by atoms with van der Waals surface area (Å²) in [6, 6.07) is 3.49. The van der Waals surface area contributed by atoms with E-state index < -0.39 is 6.04 Å². The van der Waals surface area contributed by atoms with E-state index in [2.05, 4.69) is 24.1 Å². The summed E-state index contributed by atoms with van der Waals surface area (Å²) in [6.45, 7) is 4.32. The predicted molar refractivity (Wildman–Crippen MR) is 79.8 cm³/mol. The lowest BCUT2D eigenvalue weighted by Crippen LogP contribution is -2.28. The molecule has 0 bridgehead atoms. The molecule has 1 aliphatic rings. The van der Waals surface area contributed by atoms with Gasteiger partial charge >= 0.3 is 0 Å². The number of hydrogen-bond donors (Lipinski definition) is 2. The largest absolute Gasteiger partial charge is 0.371 e. The van der Waals surface area contributed by atoms with Gasteiger partial charge in [-0.05, 0) is 25.5 Å². The van der Waals surface area contributed by atoms with Crippen molar-refractivity contribution in [3.8, 4) is 0 Å². The van der Waals surface area contributed by atoms with Crippen molar-refractivity contribution in [3.05, 3.63) is 22.7 Å². The summed E-state index contributed by atoms with van der Waals surface area (Å²) in [7, 11) is 2.02. The number of fused-ring (bicyclic) bond motifs is 1. The first-order chi connectivity index (χ1) is 8.95. The number of nitrogens with one attached hydrogen (secondary N) is 1. The van der Waals surface area contributed by atoms with Gasteiger partial charge in [0, 0.05) is 24.3 Å². The number of amides is 1. The van der Waals surface area contributed by atoms with Gasteiger partial charge in [0.25, 0.3) is 0 Å². The third kappa shape index (κ3) is 2.55. The Balaban J connectivity index is 2.34. The molecule has 0 radical (unpaired) electrons. The molecule has 0 aromatic heterocycles. The average Bonchev–Trinajstić information content (AvgIpc) is 2.64. The minimum absolute atomic E-state index is 0.174. The number of carbonyl (C=O) groups is 1. The summed E-state index contributed by atoms with van der Waals surface area (Å²) < 4.78 is 0. The van der Waals surface area contributed by atoms with Gasteiger partial charge in [0.1, 0.15) is 6.04 Å². The van der Waals surface area contributed by atoms with Crippen molar-refractivity contribution in [2.24, 2.45) is 5.73 Å². The molecular weight excluding hydrogens is 262 g/mol. The SMILES string of the molecule is CCCC(C)N(C)c1cc2c(cc1Cl)C(N)C(=O)N2. The van der Waals surface area contributed by atoms with Crippen LogP contribution >= 0.6 is 11.6 Å². The molecule has 0 fully saturated rings. The van der Waals surface area contributed by atoms with E-state index in [4.69, 9.17) is 17.3 Å². The highest BCUT2D eigenvalue weighted by Crippen LogP contribution is 2.38. The standard InChI is InChI=1S/C14H20ClN3O/c1-4-5-8(2)18(3)12-7-11-9(6-10(12)15)13(16)14(19)17-11/h6-8,13H,4-5,16H2,1-3H3,(H,17,19). The number of anilines is 2. The van der Waals surface area contributed by atoms with Crippen molar-refractivity contribution in [2.45, 2.75) is 38.8 Å². The van der Waals surface area contributed by atoms with Crippen molar-refractivity contribution >= 4 is 28.9 Å². The molecule has 2 rings (SSSR count). The van der Waals surface area contributed by atoms with Crippen LogP contribution in [-0.4, -0.2) is 19.0 Å². The Hall–Kier alpha value is -1.26. The molecule has 4 nitrogen and oxygen atoms in total. The van der Waals surface area contributed by atoms with E-state index in [-0.39, 0.29) is 5.91 Å². The maximum Gasteiger partial charge on any atom is 0.245 e. The van der Waals surface area contributed by atoms with E-state index in [9.17, 15) is 4.79 Å². The fourth-order valence-electron chi connectivity index (χ4n) is 2.41. The average molecular weight is 282 g/mol. The molecule has 1 aromatic carbocycles. The molecule has 0 spiro atoms. The van der Waals surface area contributed by atoms with Gasteiger partial charge in [-0.1, -0.05) is 24.9 Å². The molecule has 0 saturated carbocycles. The highest BCUT2D eigenvalue weighted by atomic mass is 35.5. The Bertz CT molecular complexity index is 504. The number of hydrogen-bond acceptors (Lipinski definition) is 3. The van der Waals surface area contributed by atoms with Crippen LogP contribution in [-0.2, 0) is 4.79 Å². The molecule has 1 aromatic rings. The van der Waals surface area contributed by atoms with Gasteiger partial charge in [-0.3, -0.25) is 4.79 Å². The molecule has 19 heavy (non-hydrogen) atoms. The van der Waals surface area contributed by atoms with Crippen LogP contribution in [0, 0.1) is 0 Å². The van der Waals surface area contributed by atoms with Crippen LogP contribution in [0.15, 0.2) is 12.1 Å². The molecular formula is C14H20ClN3O. The van der Waals surface area contributed by atoms with Crippen molar-refractivity contribution < 1.29 is 4.79 Å². The highest BCUT2D eigenvalue weighted by molar-refractivity contribution is 6.33. The molecule has 1 amide bonds. The minimum atomic E-state index is -0.611. The molecule has 104 valence electrons. The van der Waals surface area contributed by atoms with Crippen molar-refractivity contribution in [1.82, 2.24) is 0 Å². The smallest absolute Gasteiger partial charge is 0.245 e. The lowest BCUT2D eigenvalue weighted by Gasteiger charge is -2.28. The third-order valence-electron chi connectivity index (χ3n) is 3.74. The summed E-state index contributed by atoms with van der Waals surface area (Å²) in [5.41, 5.74) is 8.28. The van der Waals surface area contributed by atoms with Crippen LogP contribution in [0.4, 0.5) is 11.4 Å². The number of benzene rings is 1. The lowest BCUT2D eigenvalue weighted by molar-refractivity contribution is -0.116. The number of nitrogens with zero attached hydrogens (tertiary/aromatic N) is 1. The first kappa shape index (κ1) is 14.2. The van der Waals surface area contributed by atoms with Crippen LogP contribution < -0.4 is 16.0 Å². The lowest BCUT2D eigenvalue weighted by atomic mass is 10.1. The summed E-state index contributed by atoms with van der Waals surface area (Å²) >= 11 is 6.32. The Kier molecular flexibility index (Phi) is 4.02. The minimum Gasteiger partial charge on any atom is -0.371 e. The second kappa shape index (κ2) is 5.39. The maximum absolute atomic E-state index is 11.6. The zero-order valence-corrected chi connectivity index (χ0v) is 12.3. The quantitative estimate of drug-likeness (QED) is 0.892. The van der Waals surface area contributed by atoms with E-state index in [1.165, 1.54) is 0 Å². The number of nitrogens with two attached hydrogens (primary N) is 1. The molecule has 2 atom stereocenters. The second-order valence-electron chi connectivity index (χ2n) is 5.11. The Morgan fingerprint density at radius 3 is 2.84 bits per heavy atom. The van der Waals surface area contributed by atoms with Crippen LogP contribution in [0.25, 0.3) is 0 Å². The summed E-state index contributed by atoms with van der Waals surface area (Å²) in [6.07, 6.45) is 2.21. The van der Waals surface area contributed by atoms with Gasteiger partial charge < -0.3 is 16.0 Å². The van der Waals surface area contributed by atoms with Gasteiger partial charge in [0.15, 0.2) is 0 Å². The number of rotatable bonds is 4. The van der Waals surface area contributed by atoms with Crippen LogP contribution in [0.5, 0.6) is 0 Å². The van der Waals surface area contributed by atoms with Gasteiger partial charge in [-0.2, -0.15) is 0 Å². The fraction of sp³-hybridized carbons (Fsp3) is 0.500. The molecule has 3 N–H and O–H groups in total. The highest BCUT2D eigenvalue weighted by Gasteiger charge is 2.29. The van der Waals surface area contributed by atoms with Crippen LogP contribution in [0.2, 0.25) is 5.02 Å². The van der Waals surface area contributed by atoms with Gasteiger partial charge in [0.2, 0.25) is 5.91 Å². The third-order valence-corrected chi connectivity index (χ3v) is 4.04. The fourth-order valence-corrected chi connectivity index (χ4v) is 2.72. The van der Waals surface area contributed by atoms with Crippen molar-refractivity contribution in [1.29, 1.82) is 0 Å². The molecule has 1 aliphatic heterocycles. The van der Waals surface area contributed by atoms with Crippen LogP contribution in [0.1, 0.15) is 38.3 Å². The number of carbonyl (C=O) groups excluding carboxylic acids is 1. The first-order valence-corrected chi connectivity index (χ1v) is 6.96. The van der Waals surface area contributed by atoms with Crippen molar-refractivity contribution in [3.63, 3.8) is 0 Å². The zero-order chi connectivity index (χ0) is 14.2. The Morgan fingerprint density at radius 2 is 2.21 bits per heavy atom. The molecule has 5 heteroatoms. The Morgan fingerprint density at radius 1 is 1.53 bits per heavy atom. The summed E-state index contributed by atoms with van der Waals surface area (Å²) in [4.78, 5) is 13.7. The topological polar surface area (TPSA) is 58.4 Å². The summed E-state index contributed by atoms with van der Waals surface area (Å²) in [5.74, 6) is -0.174. The van der Waals surface area contributed by atoms with E-state index >= 15 is 0 Å². The normalized spacial score (nSPS) is 19.0. The predicted octanol–water partition coefficient (Wildman–Crippen LogP) is 2.92. The Labute approximate surface area is 118 Å². The summed E-state index contributed by atoms with van der Waals surface area (Å²) in [5, 5.41) is 3.43. The van der Waals surface area contributed by atoms with E-state index in [0.717, 1.165) is 29.8 Å². The van der Waals surface area contributed by atoms with Crippen molar-refractivity contribution in [2.75, 3.05) is 17.3 Å². The molecule has 2 unspecified atom stereocenters. The van der Waals surface area contributed by atoms with Crippen LogP contribution in [0.3, 0.4) is 0 Å². The van der Waals surface area contributed by atoms with E-state index in [1.54, 1.807) is 6.07 Å². The van der Waals surface area contributed by atoms with E-state index in [0.29, 0.717) is 11.1 Å². The number of halogens is 1. The van der Waals surface area contributed by atoms with E-state index in [1.807, 2.05) is 13.1 Å². The maximum atomic E-state index is 11.6. The van der Waals surface area contributed by atoms with Gasteiger partial charge in [-0.25, -0.2) is 0 Å². The second-order valence-corrected chi connectivity index (χ2v) is 5.51. The monoisotopic (exact) mass is 281 g/mol. The molecule has 1 heterocycles. The first-order valence-electron chi connectivity index (χ1n) is 6.58. The zero-order valence-electron chi connectivity index (χ0n) is 11.5.